The summed E-state index contributed by atoms with van der Waals surface area (Å²) in [5.41, 5.74) is 11.3. The van der Waals surface area contributed by atoms with Crippen LogP contribution in [0.1, 0.15) is 147 Å². The van der Waals surface area contributed by atoms with Gasteiger partial charge >= 0.3 is 12.2 Å². The molecule has 0 fully saturated rings. The summed E-state index contributed by atoms with van der Waals surface area (Å²) in [4.78, 5) is 81.8. The normalized spacial score (nSPS) is 15.9. The van der Waals surface area contributed by atoms with Gasteiger partial charge in [-0.1, -0.05) is 26.3 Å². The summed E-state index contributed by atoms with van der Waals surface area (Å²) in [6.45, 7) is 11.6. The number of alkyl carbamates (subject to hydrolysis) is 1. The first-order valence-electron chi connectivity index (χ1n) is 25.9. The zero-order valence-corrected chi connectivity index (χ0v) is 44.9. The van der Waals surface area contributed by atoms with E-state index in [-0.39, 0.29) is 66.9 Å². The molecule has 5 N–H and O–H groups in total. The predicted molar refractivity (Wildman–Crippen MR) is 283 cm³/mol. The molecule has 22 heteroatoms. The molecule has 0 saturated heterocycles. The molecule has 4 heterocycles. The van der Waals surface area contributed by atoms with Gasteiger partial charge < -0.3 is 36.0 Å². The smallest absolute Gasteiger partial charge is 0.407 e. The average Bonchev–Trinajstić information content (AvgIpc) is 3.38. The van der Waals surface area contributed by atoms with Crippen LogP contribution >= 0.6 is 0 Å². The van der Waals surface area contributed by atoms with E-state index in [4.69, 9.17) is 20.1 Å². The Morgan fingerprint density at radius 3 is 1.79 bits per heavy atom. The Kier molecular flexibility index (Phi) is 32.8. The number of nitrogens with two attached hydrogens (primary N) is 1. The molecular formula is C54H76F2N12O8. The lowest BCUT2D eigenvalue weighted by Gasteiger charge is -2.22. The molecule has 76 heavy (non-hydrogen) atoms. The van der Waals surface area contributed by atoms with Crippen LogP contribution in [0, 0.1) is 25.7 Å². The van der Waals surface area contributed by atoms with Crippen molar-refractivity contribution in [2.24, 2.45) is 17.6 Å². The number of pyridine rings is 2. The van der Waals surface area contributed by atoms with Crippen molar-refractivity contribution in [1.29, 1.82) is 0 Å². The molecule has 2 aliphatic carbocycles. The number of allylic oxidation sites excluding steroid dienone is 1. The number of aromatic nitrogens is 8. The number of anilines is 2. The van der Waals surface area contributed by atoms with Gasteiger partial charge in [0.15, 0.2) is 5.82 Å². The minimum absolute atomic E-state index is 0.0355. The Morgan fingerprint density at radius 1 is 0.711 bits per heavy atom. The van der Waals surface area contributed by atoms with Crippen LogP contribution in [-0.2, 0) is 46.3 Å². The number of alkyl halides is 2. The van der Waals surface area contributed by atoms with E-state index in [2.05, 4.69) is 63.4 Å². The van der Waals surface area contributed by atoms with Gasteiger partial charge in [0.05, 0.1) is 48.5 Å². The highest BCUT2D eigenvalue weighted by molar-refractivity contribution is 5.91. The monoisotopic (exact) mass is 1060 g/mol. The maximum atomic E-state index is 13.4. The molecule has 4 aromatic rings. The number of Topliss-reactive ketones (excluding diaryl/α,β-unsaturated/α-hetero) is 2. The maximum Gasteiger partial charge on any atom is 0.407 e. The lowest BCUT2D eigenvalue weighted by Crippen LogP contribution is -2.29. The zero-order chi connectivity index (χ0) is 56.1. The van der Waals surface area contributed by atoms with Gasteiger partial charge in [0.25, 0.3) is 0 Å². The van der Waals surface area contributed by atoms with Crippen LogP contribution in [0.2, 0.25) is 0 Å². The largest absolute Gasteiger partial charge is 0.442 e. The van der Waals surface area contributed by atoms with Gasteiger partial charge in [-0.25, -0.2) is 4.79 Å². The Bertz CT molecular complexity index is 2420. The van der Waals surface area contributed by atoms with Crippen molar-refractivity contribution in [3.8, 4) is 22.9 Å². The Labute approximate surface area is 444 Å². The first kappa shape index (κ1) is 64.9. The van der Waals surface area contributed by atoms with Gasteiger partial charge in [-0.15, -0.1) is 25.5 Å². The summed E-state index contributed by atoms with van der Waals surface area (Å²) < 4.78 is 31.2. The maximum absolute atomic E-state index is 13.4. The minimum Gasteiger partial charge on any atom is -0.442 e. The number of ether oxygens (including phenoxy) is 1. The second-order valence-electron chi connectivity index (χ2n) is 18.3. The molecule has 20 nitrogen and oxygen atoms in total. The van der Waals surface area contributed by atoms with Crippen LogP contribution in [0.5, 0.6) is 0 Å². The summed E-state index contributed by atoms with van der Waals surface area (Å²) >= 11 is 0. The fourth-order valence-corrected chi connectivity index (χ4v) is 7.53. The van der Waals surface area contributed by atoms with E-state index in [9.17, 15) is 32.8 Å². The van der Waals surface area contributed by atoms with Crippen LogP contribution in [-0.4, -0.2) is 109 Å². The van der Waals surface area contributed by atoms with E-state index in [0.29, 0.717) is 85.9 Å². The van der Waals surface area contributed by atoms with Crippen molar-refractivity contribution in [2.75, 3.05) is 37.1 Å². The van der Waals surface area contributed by atoms with E-state index < -0.39 is 0 Å². The Balaban J connectivity index is 0.000000380. The fourth-order valence-electron chi connectivity index (χ4n) is 7.53. The number of nitrogens with zero attached hydrogens (tertiary/aromatic N) is 8. The van der Waals surface area contributed by atoms with Crippen molar-refractivity contribution in [1.82, 2.24) is 45.9 Å². The highest BCUT2D eigenvalue weighted by atomic mass is 18.2. The Hall–Kier alpha value is -7.19. The second kappa shape index (κ2) is 38.4. The van der Waals surface area contributed by atoms with Crippen LogP contribution in [0.15, 0.2) is 48.8 Å². The summed E-state index contributed by atoms with van der Waals surface area (Å²) in [7, 11) is 0. The number of nitrogens with one attached hydrogen (secondary N) is 3. The molecule has 0 aromatic carbocycles. The average molecular weight is 1060 g/mol. The van der Waals surface area contributed by atoms with Gasteiger partial charge in [0.2, 0.25) is 17.6 Å². The van der Waals surface area contributed by atoms with Gasteiger partial charge in [-0.3, -0.25) is 28.3 Å². The first-order valence-corrected chi connectivity index (χ1v) is 25.9. The number of carbonyl (C=O) groups is 5. The third-order valence-corrected chi connectivity index (χ3v) is 11.6. The molecule has 3 unspecified atom stereocenters. The summed E-state index contributed by atoms with van der Waals surface area (Å²) in [5.74, 6) is 0.867. The molecule has 6 rings (SSSR count). The minimum atomic E-state index is -0.357. The van der Waals surface area contributed by atoms with Crippen LogP contribution < -0.4 is 21.7 Å². The molecule has 0 aliphatic heterocycles. The number of hydrogen-bond donors (Lipinski definition) is 4. The molecular weight excluding hydrogens is 981 g/mol. The number of hydrogen-bond acceptors (Lipinski definition) is 17. The van der Waals surface area contributed by atoms with Gasteiger partial charge in [0, 0.05) is 32.2 Å². The van der Waals surface area contributed by atoms with E-state index in [1.54, 1.807) is 31.3 Å². The topological polar surface area (TPSA) is 294 Å². The van der Waals surface area contributed by atoms with Crippen LogP contribution in [0.25, 0.3) is 22.9 Å². The van der Waals surface area contributed by atoms with Gasteiger partial charge in [-0.2, -0.15) is 14.7 Å². The highest BCUT2D eigenvalue weighted by Gasteiger charge is 2.23. The number of ketones is 2. The highest BCUT2D eigenvalue weighted by Crippen LogP contribution is 2.31. The number of rotatable bonds is 18. The fraction of sp³-hybridized carbons (Fsp3) is 0.556. The third kappa shape index (κ3) is 26.9. The molecule has 4 aromatic heterocycles. The van der Waals surface area contributed by atoms with Crippen molar-refractivity contribution in [3.05, 3.63) is 71.5 Å². The summed E-state index contributed by atoms with van der Waals surface area (Å²) in [6.07, 6.45) is 19.0. The zero-order valence-electron chi connectivity index (χ0n) is 44.9. The molecule has 0 radical (unpaired) electrons. The predicted octanol–water partition coefficient (Wildman–Crippen LogP) is 8.71. The van der Waals surface area contributed by atoms with Gasteiger partial charge in [0.1, 0.15) is 29.1 Å². The molecule has 0 spiro atoms. The molecule has 414 valence electrons. The lowest BCUT2D eigenvalue weighted by atomic mass is 9.85. The third-order valence-electron chi connectivity index (χ3n) is 11.6. The summed E-state index contributed by atoms with van der Waals surface area (Å²) in [6, 6.07) is 7.01. The van der Waals surface area contributed by atoms with Crippen molar-refractivity contribution in [3.63, 3.8) is 0 Å². The number of fused-ring (bicyclic) bond motifs is 1. The van der Waals surface area contributed by atoms with E-state index in [1.807, 2.05) is 32.1 Å². The number of amides is 3. The van der Waals surface area contributed by atoms with Crippen LogP contribution in [0.4, 0.5) is 25.0 Å². The number of halogens is 2. The van der Waals surface area contributed by atoms with E-state index in [1.165, 1.54) is 20.0 Å². The lowest BCUT2D eigenvalue weighted by molar-refractivity contribution is -0.191. The standard InChI is InChI=1S/C23H29FN4O2.C14H16N6O2.C13H22FNO2.C3H9N.CO2/c1-15(29)6-5-9-22(30)26-18-10-11-21(25-14-18)23-19-8-4-3-7-17(13-24)12-20(19)16(2)27-28-23;1-9(21)4-3-5-13(22)16-11-6-7-12(15-8-11)14-19-17-10(2)18-20-14;1-2-9-15-13(16)17-12-7-3-5-11(10-14)6-4-8-12;1-2-3-4;2-1-3/h10-11,14,17H,3-9,12-13H2,1-2H3,(H,26,30);6-8H,3-5H2,1-2H3,(H,16,22);3,7,11-12H,2,4-6,8-10H2,1H3,(H,15,16);2-4H2,1H3;/b;;7-3+;;/i24-1;;14-1;;. The van der Waals surface area contributed by atoms with Gasteiger partial charge in [-0.05, 0) is 165 Å². The quantitative estimate of drug-likeness (QED) is 0.0677. The SMILES string of the molecule is CC(=O)CCCC(=O)Nc1ccc(-c2nnc(C)c3c2CCCCC(C[18F])C3)nc1.CC(=O)CCCC(=O)Nc1ccc(-c2nnc(C)nn2)nc1.CCCN.CCCNC(=O)OC1/C=C/CC(C[18F])CCC1.O=C=O. The number of carbonyl (C=O) groups excluding carboxylic acids is 7. The molecule has 0 bridgehead atoms. The van der Waals surface area contributed by atoms with Crippen molar-refractivity contribution < 1.29 is 47.1 Å². The van der Waals surface area contributed by atoms with Crippen LogP contribution in [0.3, 0.4) is 0 Å². The van der Waals surface area contributed by atoms with Crippen molar-refractivity contribution >= 4 is 47.0 Å². The molecule has 3 atom stereocenters. The van der Waals surface area contributed by atoms with E-state index >= 15 is 0 Å². The molecule has 3 amide bonds. The van der Waals surface area contributed by atoms with E-state index in [0.717, 1.165) is 93.3 Å². The molecule has 0 saturated carbocycles. The summed E-state index contributed by atoms with van der Waals surface area (Å²) in [5, 5.41) is 32.3. The number of aryl methyl sites for hydroxylation is 2. The second-order valence-corrected chi connectivity index (χ2v) is 18.3. The first-order chi connectivity index (χ1) is 36.6. The Morgan fingerprint density at radius 2 is 1.28 bits per heavy atom. The van der Waals surface area contributed by atoms with Crippen molar-refractivity contribution in [2.45, 2.75) is 157 Å². The molecule has 2 aliphatic rings.